The van der Waals surface area contributed by atoms with E-state index < -0.39 is 0 Å². The molecule has 2 aliphatic rings. The van der Waals surface area contributed by atoms with Gasteiger partial charge in [-0.2, -0.15) is 0 Å². The van der Waals surface area contributed by atoms with E-state index in [0.717, 1.165) is 31.3 Å². The molecule has 1 saturated heterocycles. The Labute approximate surface area is 90.1 Å². The predicted octanol–water partition coefficient (Wildman–Crippen LogP) is 2.03. The Morgan fingerprint density at radius 1 is 0.933 bits per heavy atom. The zero-order chi connectivity index (χ0) is 10.8. The van der Waals surface area contributed by atoms with Gasteiger partial charge in [0.1, 0.15) is 0 Å². The fourth-order valence-electron chi connectivity index (χ4n) is 2.35. The number of rotatable bonds is 0. The Morgan fingerprint density at radius 3 is 2.40 bits per heavy atom. The lowest BCUT2D eigenvalue weighted by Crippen LogP contribution is -2.32. The molecule has 2 amide bonds. The van der Waals surface area contributed by atoms with E-state index in [1.165, 1.54) is 17.7 Å². The van der Waals surface area contributed by atoms with Crippen LogP contribution in [0.2, 0.25) is 0 Å². The van der Waals surface area contributed by atoms with Crippen LogP contribution in [0.15, 0.2) is 11.1 Å². The average Bonchev–Trinajstić information content (AvgIpc) is 2.43. The molecule has 0 atom stereocenters. The molecule has 0 radical (unpaired) electrons. The van der Waals surface area contributed by atoms with Crippen molar-refractivity contribution in [2.24, 2.45) is 0 Å². The van der Waals surface area contributed by atoms with Gasteiger partial charge in [0.15, 0.2) is 0 Å². The second-order valence-corrected chi connectivity index (χ2v) is 4.38. The van der Waals surface area contributed by atoms with Crippen LogP contribution in [0, 0.1) is 0 Å². The van der Waals surface area contributed by atoms with E-state index in [0.29, 0.717) is 12.1 Å². The Kier molecular flexibility index (Phi) is 2.89. The Bertz CT molecular complexity index is 331. The lowest BCUT2D eigenvalue weighted by Gasteiger charge is -2.16. The van der Waals surface area contributed by atoms with Crippen LogP contribution in [-0.2, 0) is 9.59 Å². The number of fused-ring (bicyclic) bond motifs is 2. The highest BCUT2D eigenvalue weighted by Crippen LogP contribution is 2.26. The number of carbonyl (C=O) groups excluding carboxylic acids is 2. The maximum absolute atomic E-state index is 11.9. The van der Waals surface area contributed by atoms with E-state index in [9.17, 15) is 9.59 Å². The van der Waals surface area contributed by atoms with Crippen molar-refractivity contribution in [2.45, 2.75) is 45.4 Å². The molecule has 15 heavy (non-hydrogen) atoms. The molecular weight excluding hydrogens is 190 g/mol. The van der Waals surface area contributed by atoms with Crippen molar-refractivity contribution >= 4 is 11.8 Å². The highest BCUT2D eigenvalue weighted by atomic mass is 16.2. The van der Waals surface area contributed by atoms with Gasteiger partial charge in [-0.15, -0.1) is 0 Å². The lowest BCUT2D eigenvalue weighted by atomic mass is 10.0. The fourth-order valence-corrected chi connectivity index (χ4v) is 2.35. The van der Waals surface area contributed by atoms with Gasteiger partial charge >= 0.3 is 0 Å². The maximum Gasteiger partial charge on any atom is 0.257 e. The van der Waals surface area contributed by atoms with Gasteiger partial charge in [-0.05, 0) is 26.2 Å². The first-order valence-electron chi connectivity index (χ1n) is 5.78. The van der Waals surface area contributed by atoms with E-state index in [-0.39, 0.29) is 11.8 Å². The molecule has 0 saturated carbocycles. The predicted molar refractivity (Wildman–Crippen MR) is 57.1 cm³/mol. The summed E-state index contributed by atoms with van der Waals surface area (Å²) in [6, 6.07) is 0. The van der Waals surface area contributed by atoms with E-state index in [1.807, 2.05) is 0 Å². The van der Waals surface area contributed by atoms with Crippen LogP contribution in [-0.4, -0.2) is 23.3 Å². The molecule has 0 aromatic carbocycles. The first-order valence-corrected chi connectivity index (χ1v) is 5.78. The van der Waals surface area contributed by atoms with Crippen molar-refractivity contribution in [3.63, 3.8) is 0 Å². The van der Waals surface area contributed by atoms with Gasteiger partial charge in [0.05, 0.1) is 0 Å². The molecule has 0 aromatic rings. The fraction of sp³-hybridized carbons (Fsp3) is 0.667. The van der Waals surface area contributed by atoms with Crippen molar-refractivity contribution in [1.82, 2.24) is 4.90 Å². The average molecular weight is 207 g/mol. The molecule has 0 N–H and O–H groups in total. The monoisotopic (exact) mass is 207 g/mol. The van der Waals surface area contributed by atoms with Crippen molar-refractivity contribution in [3.05, 3.63) is 11.1 Å². The Balaban J connectivity index is 2.23. The summed E-state index contributed by atoms with van der Waals surface area (Å²) in [5, 5.41) is 0. The molecular formula is C12H17NO2. The molecule has 2 bridgehead atoms. The van der Waals surface area contributed by atoms with Crippen LogP contribution < -0.4 is 0 Å². The van der Waals surface area contributed by atoms with Gasteiger partial charge < -0.3 is 0 Å². The van der Waals surface area contributed by atoms with Gasteiger partial charge in [0.2, 0.25) is 0 Å². The third-order valence-corrected chi connectivity index (χ3v) is 3.33. The van der Waals surface area contributed by atoms with E-state index >= 15 is 0 Å². The Morgan fingerprint density at radius 2 is 1.60 bits per heavy atom. The summed E-state index contributed by atoms with van der Waals surface area (Å²) in [6.07, 6.45) is 6.32. The number of carbonyl (C=O) groups is 2. The molecule has 2 rings (SSSR count). The molecule has 0 unspecified atom stereocenters. The molecule has 3 nitrogen and oxygen atoms in total. The summed E-state index contributed by atoms with van der Waals surface area (Å²) >= 11 is 0. The maximum atomic E-state index is 11.9. The van der Waals surface area contributed by atoms with Crippen LogP contribution in [0.3, 0.4) is 0 Å². The van der Waals surface area contributed by atoms with Crippen molar-refractivity contribution < 1.29 is 9.59 Å². The highest BCUT2D eigenvalue weighted by Gasteiger charge is 2.34. The molecule has 3 heteroatoms. The van der Waals surface area contributed by atoms with Crippen LogP contribution in [0.25, 0.3) is 0 Å². The standard InChI is InChI=1S/C12H17NO2/c1-9-10-7-5-3-2-4-6-8-13(11(9)14)12(10)15/h2-8H2,1H3. The number of imide groups is 1. The molecule has 2 heterocycles. The molecule has 0 aliphatic carbocycles. The normalized spacial score (nSPS) is 23.7. The number of hydrogen-bond acceptors (Lipinski definition) is 2. The smallest absolute Gasteiger partial charge is 0.257 e. The molecule has 0 spiro atoms. The number of nitrogens with zero attached hydrogens (tertiary/aromatic N) is 1. The van der Waals surface area contributed by atoms with Crippen LogP contribution >= 0.6 is 0 Å². The summed E-state index contributed by atoms with van der Waals surface area (Å²) in [4.78, 5) is 25.1. The van der Waals surface area contributed by atoms with Crippen molar-refractivity contribution in [3.8, 4) is 0 Å². The van der Waals surface area contributed by atoms with E-state index in [4.69, 9.17) is 0 Å². The van der Waals surface area contributed by atoms with Crippen LogP contribution in [0.1, 0.15) is 45.4 Å². The quantitative estimate of drug-likeness (QED) is 0.570. The van der Waals surface area contributed by atoms with Gasteiger partial charge in [0.25, 0.3) is 11.8 Å². The number of hydrogen-bond donors (Lipinski definition) is 0. The lowest BCUT2D eigenvalue weighted by molar-refractivity contribution is -0.137. The minimum atomic E-state index is -0.0584. The minimum absolute atomic E-state index is 0.0283. The summed E-state index contributed by atoms with van der Waals surface area (Å²) in [7, 11) is 0. The minimum Gasteiger partial charge on any atom is -0.275 e. The summed E-state index contributed by atoms with van der Waals surface area (Å²) < 4.78 is 0. The topological polar surface area (TPSA) is 37.4 Å². The van der Waals surface area contributed by atoms with Crippen molar-refractivity contribution in [2.75, 3.05) is 6.54 Å². The molecule has 1 fully saturated rings. The van der Waals surface area contributed by atoms with Gasteiger partial charge in [-0.3, -0.25) is 14.5 Å². The second kappa shape index (κ2) is 4.17. The third kappa shape index (κ3) is 1.83. The molecule has 0 aromatic heterocycles. The first-order chi connectivity index (χ1) is 7.22. The number of amides is 2. The SMILES string of the molecule is CC1=C2CCCCCCCN(C1=O)C2=O. The second-order valence-electron chi connectivity index (χ2n) is 4.38. The third-order valence-electron chi connectivity index (χ3n) is 3.33. The van der Waals surface area contributed by atoms with Gasteiger partial charge in [-0.25, -0.2) is 0 Å². The molecule has 82 valence electrons. The van der Waals surface area contributed by atoms with E-state index in [2.05, 4.69) is 0 Å². The summed E-state index contributed by atoms with van der Waals surface area (Å²) in [5.74, 6) is -0.0868. The Hall–Kier alpha value is -1.12. The zero-order valence-electron chi connectivity index (χ0n) is 9.21. The summed E-state index contributed by atoms with van der Waals surface area (Å²) in [6.45, 7) is 2.39. The summed E-state index contributed by atoms with van der Waals surface area (Å²) in [5.41, 5.74) is 1.45. The highest BCUT2D eigenvalue weighted by molar-refractivity contribution is 6.19. The largest absolute Gasteiger partial charge is 0.275 e. The zero-order valence-corrected chi connectivity index (χ0v) is 9.21. The van der Waals surface area contributed by atoms with Crippen LogP contribution in [0.5, 0.6) is 0 Å². The van der Waals surface area contributed by atoms with Crippen molar-refractivity contribution in [1.29, 1.82) is 0 Å². The van der Waals surface area contributed by atoms with Gasteiger partial charge in [-0.1, -0.05) is 19.3 Å². The first kappa shape index (κ1) is 10.4. The van der Waals surface area contributed by atoms with Gasteiger partial charge in [0, 0.05) is 17.7 Å². The van der Waals surface area contributed by atoms with Crippen LogP contribution in [0.4, 0.5) is 0 Å². The molecule has 2 aliphatic heterocycles. The van der Waals surface area contributed by atoms with E-state index in [1.54, 1.807) is 6.92 Å².